The summed E-state index contributed by atoms with van der Waals surface area (Å²) in [6.07, 6.45) is 9.85. The highest BCUT2D eigenvalue weighted by Gasteiger charge is 2.30. The van der Waals surface area contributed by atoms with Crippen LogP contribution in [0.3, 0.4) is 0 Å². The minimum atomic E-state index is -0.162. The Morgan fingerprint density at radius 1 is 1.05 bits per heavy atom. The first-order valence-electron chi connectivity index (χ1n) is 14.1. The van der Waals surface area contributed by atoms with E-state index in [4.69, 9.17) is 31.0 Å². The second-order valence-electron chi connectivity index (χ2n) is 10.2. The van der Waals surface area contributed by atoms with Gasteiger partial charge < -0.3 is 29.9 Å². The molecule has 1 amide bonds. The number of alkyl halides is 1. The molecule has 2 aliphatic rings. The Morgan fingerprint density at radius 2 is 1.76 bits per heavy atom. The van der Waals surface area contributed by atoms with E-state index in [1.807, 2.05) is 12.1 Å². The molecular weight excluding hydrogens is 504 g/mol. The predicted molar refractivity (Wildman–Crippen MR) is 154 cm³/mol. The molecule has 1 saturated heterocycles. The van der Waals surface area contributed by atoms with Crippen molar-refractivity contribution in [1.29, 1.82) is 0 Å². The van der Waals surface area contributed by atoms with Gasteiger partial charge in [-0.15, -0.1) is 11.6 Å². The lowest BCUT2D eigenvalue weighted by Crippen LogP contribution is -2.49. The van der Waals surface area contributed by atoms with E-state index in [0.29, 0.717) is 36.6 Å². The second-order valence-corrected chi connectivity index (χ2v) is 10.5. The summed E-state index contributed by atoms with van der Waals surface area (Å²) in [6.45, 7) is 6.53. The molecule has 1 aromatic carbocycles. The van der Waals surface area contributed by atoms with Crippen LogP contribution in [-0.2, 0) is 4.79 Å². The van der Waals surface area contributed by atoms with Gasteiger partial charge in [0, 0.05) is 56.3 Å². The summed E-state index contributed by atoms with van der Waals surface area (Å²) in [5.41, 5.74) is 0.809. The van der Waals surface area contributed by atoms with E-state index in [2.05, 4.69) is 27.4 Å². The van der Waals surface area contributed by atoms with Crippen LogP contribution in [0.5, 0.6) is 11.5 Å². The SMILES string of the molecule is CCN(c1nc(NCCCNC(=O)CCl)nc2cc(OC)c(OC)cc12)C1CCN(C2CCCCC2)CC1. The Balaban J connectivity index is 1.55. The summed E-state index contributed by atoms with van der Waals surface area (Å²) in [4.78, 5) is 26.4. The monoisotopic (exact) mass is 546 g/mol. The van der Waals surface area contributed by atoms with Crippen molar-refractivity contribution in [1.82, 2.24) is 20.2 Å². The number of carbonyl (C=O) groups is 1. The van der Waals surface area contributed by atoms with Crippen LogP contribution in [0.25, 0.3) is 10.9 Å². The Hall–Kier alpha value is -2.52. The minimum absolute atomic E-state index is 0.0255. The third kappa shape index (κ3) is 6.91. The van der Waals surface area contributed by atoms with Crippen LogP contribution < -0.4 is 25.0 Å². The van der Waals surface area contributed by atoms with Crippen molar-refractivity contribution < 1.29 is 14.3 Å². The number of anilines is 2. The van der Waals surface area contributed by atoms with Gasteiger partial charge in [-0.2, -0.15) is 4.98 Å². The zero-order valence-corrected chi connectivity index (χ0v) is 23.9. The van der Waals surface area contributed by atoms with E-state index in [0.717, 1.165) is 61.7 Å². The third-order valence-electron chi connectivity index (χ3n) is 7.90. The van der Waals surface area contributed by atoms with Crippen LogP contribution in [0.1, 0.15) is 58.3 Å². The van der Waals surface area contributed by atoms with E-state index in [-0.39, 0.29) is 11.8 Å². The topological polar surface area (TPSA) is 91.9 Å². The Labute approximate surface area is 231 Å². The number of methoxy groups -OCH3 is 2. The number of amides is 1. The maximum absolute atomic E-state index is 11.4. The number of hydrogen-bond donors (Lipinski definition) is 2. The van der Waals surface area contributed by atoms with Crippen LogP contribution in [0.15, 0.2) is 12.1 Å². The van der Waals surface area contributed by atoms with Crippen molar-refractivity contribution in [3.8, 4) is 11.5 Å². The van der Waals surface area contributed by atoms with Crippen LogP contribution in [0.2, 0.25) is 0 Å². The van der Waals surface area contributed by atoms with Gasteiger partial charge in [-0.1, -0.05) is 19.3 Å². The average Bonchev–Trinajstić information content (AvgIpc) is 2.97. The van der Waals surface area contributed by atoms with Gasteiger partial charge in [0.25, 0.3) is 0 Å². The number of carbonyl (C=O) groups excluding carboxylic acids is 1. The number of rotatable bonds is 12. The van der Waals surface area contributed by atoms with Crippen molar-refractivity contribution in [2.45, 2.75) is 70.4 Å². The molecule has 4 rings (SSSR count). The summed E-state index contributed by atoms with van der Waals surface area (Å²) in [5, 5.41) is 7.10. The van der Waals surface area contributed by atoms with E-state index < -0.39 is 0 Å². The van der Waals surface area contributed by atoms with Crippen LogP contribution in [0.4, 0.5) is 11.8 Å². The number of benzene rings is 1. The molecule has 1 aliphatic carbocycles. The van der Waals surface area contributed by atoms with E-state index >= 15 is 0 Å². The van der Waals surface area contributed by atoms with Gasteiger partial charge >= 0.3 is 0 Å². The maximum atomic E-state index is 11.4. The van der Waals surface area contributed by atoms with Crippen LogP contribution in [0, 0.1) is 0 Å². The standard InChI is InChI=1S/C28H43ClN6O3/c1-4-35(21-11-15-34(16-12-21)20-9-6-5-7-10-20)27-22-17-24(37-2)25(38-3)18-23(22)32-28(33-27)31-14-8-13-30-26(36)19-29/h17-18,20-21H,4-16,19H2,1-3H3,(H,30,36)(H,31,32,33). The number of fused-ring (bicyclic) bond motifs is 1. The van der Waals surface area contributed by atoms with E-state index in [9.17, 15) is 4.79 Å². The normalized spacial score (nSPS) is 17.4. The number of aromatic nitrogens is 2. The number of piperidine rings is 1. The first-order valence-corrected chi connectivity index (χ1v) is 14.6. The molecule has 2 aromatic rings. The highest BCUT2D eigenvalue weighted by atomic mass is 35.5. The smallest absolute Gasteiger partial charge is 0.234 e. The molecule has 10 heteroatoms. The molecule has 0 unspecified atom stereocenters. The third-order valence-corrected chi connectivity index (χ3v) is 8.15. The van der Waals surface area contributed by atoms with Crippen molar-refractivity contribution in [2.75, 3.05) is 63.0 Å². The molecule has 210 valence electrons. The summed E-state index contributed by atoms with van der Waals surface area (Å²) in [7, 11) is 3.29. The Bertz CT molecular complexity index is 1060. The van der Waals surface area contributed by atoms with Gasteiger partial charge in [0.15, 0.2) is 11.5 Å². The van der Waals surface area contributed by atoms with Gasteiger partial charge in [-0.3, -0.25) is 4.79 Å². The van der Waals surface area contributed by atoms with E-state index in [1.165, 1.54) is 32.1 Å². The fourth-order valence-electron chi connectivity index (χ4n) is 5.89. The van der Waals surface area contributed by atoms with Crippen LogP contribution in [-0.4, -0.2) is 85.7 Å². The minimum Gasteiger partial charge on any atom is -0.493 e. The summed E-state index contributed by atoms with van der Waals surface area (Å²) < 4.78 is 11.2. The Morgan fingerprint density at radius 3 is 2.42 bits per heavy atom. The molecule has 2 N–H and O–H groups in total. The van der Waals surface area contributed by atoms with Crippen LogP contribution >= 0.6 is 11.6 Å². The second kappa shape index (κ2) is 14.0. The molecule has 0 bridgehead atoms. The quantitative estimate of drug-likeness (QED) is 0.298. The lowest BCUT2D eigenvalue weighted by atomic mass is 9.91. The van der Waals surface area contributed by atoms with Crippen molar-refractivity contribution >= 4 is 40.2 Å². The van der Waals surface area contributed by atoms with Crippen molar-refractivity contribution in [2.24, 2.45) is 0 Å². The molecule has 0 atom stereocenters. The summed E-state index contributed by atoms with van der Waals surface area (Å²) in [6, 6.07) is 5.10. The molecule has 9 nitrogen and oxygen atoms in total. The van der Waals surface area contributed by atoms with Crippen molar-refractivity contribution in [3.05, 3.63) is 12.1 Å². The van der Waals surface area contributed by atoms with E-state index in [1.54, 1.807) is 14.2 Å². The van der Waals surface area contributed by atoms with Gasteiger partial charge in [0.1, 0.15) is 11.7 Å². The first-order chi connectivity index (χ1) is 18.6. The largest absolute Gasteiger partial charge is 0.493 e. The fourth-order valence-corrected chi connectivity index (χ4v) is 5.99. The highest BCUT2D eigenvalue weighted by molar-refractivity contribution is 6.27. The first kappa shape index (κ1) is 28.5. The molecule has 0 radical (unpaired) electrons. The fraction of sp³-hybridized carbons (Fsp3) is 0.679. The molecule has 1 aromatic heterocycles. The molecule has 2 heterocycles. The average molecular weight is 547 g/mol. The molecule has 1 aliphatic heterocycles. The summed E-state index contributed by atoms with van der Waals surface area (Å²) >= 11 is 5.56. The van der Waals surface area contributed by atoms with Gasteiger partial charge in [-0.05, 0) is 45.1 Å². The zero-order valence-electron chi connectivity index (χ0n) is 23.1. The lowest BCUT2D eigenvalue weighted by Gasteiger charge is -2.43. The molecule has 1 saturated carbocycles. The molecule has 2 fully saturated rings. The number of ether oxygens (including phenoxy) is 2. The van der Waals surface area contributed by atoms with Gasteiger partial charge in [0.2, 0.25) is 11.9 Å². The highest BCUT2D eigenvalue weighted by Crippen LogP contribution is 2.37. The van der Waals surface area contributed by atoms with Gasteiger partial charge in [-0.25, -0.2) is 4.98 Å². The number of likely N-dealkylation sites (tertiary alicyclic amines) is 1. The number of halogens is 1. The number of nitrogens with one attached hydrogen (secondary N) is 2. The van der Waals surface area contributed by atoms with Crippen molar-refractivity contribution in [3.63, 3.8) is 0 Å². The maximum Gasteiger partial charge on any atom is 0.234 e. The molecule has 38 heavy (non-hydrogen) atoms. The number of hydrogen-bond acceptors (Lipinski definition) is 8. The zero-order chi connectivity index (χ0) is 26.9. The Kier molecular flexibility index (Phi) is 10.5. The molecular formula is C28H43ClN6O3. The molecule has 0 spiro atoms. The number of nitrogens with zero attached hydrogens (tertiary/aromatic N) is 4. The summed E-state index contributed by atoms with van der Waals surface area (Å²) in [5.74, 6) is 2.62. The predicted octanol–water partition coefficient (Wildman–Crippen LogP) is 4.43. The lowest BCUT2D eigenvalue weighted by molar-refractivity contribution is -0.118. The van der Waals surface area contributed by atoms with Gasteiger partial charge in [0.05, 0.1) is 19.7 Å².